The van der Waals surface area contributed by atoms with E-state index in [0.29, 0.717) is 25.0 Å². The van der Waals surface area contributed by atoms with Crippen LogP contribution in [0, 0.1) is 0 Å². The summed E-state index contributed by atoms with van der Waals surface area (Å²) in [5.74, 6) is -0.0182. The summed E-state index contributed by atoms with van der Waals surface area (Å²) >= 11 is 0. The smallest absolute Gasteiger partial charge is 0.276 e. The van der Waals surface area contributed by atoms with E-state index < -0.39 is 0 Å². The SMILES string of the molecule is O=C(CCn1ccn2nc3c(c2c1=O)CCCC3)NCCCc1ccccc1. The van der Waals surface area contributed by atoms with Gasteiger partial charge in [-0.25, -0.2) is 4.52 Å². The molecule has 0 atom stereocenters. The Balaban J connectivity index is 1.32. The summed E-state index contributed by atoms with van der Waals surface area (Å²) in [6.45, 7) is 1.04. The molecule has 0 radical (unpaired) electrons. The third-order valence-electron chi connectivity index (χ3n) is 5.42. The lowest BCUT2D eigenvalue weighted by Gasteiger charge is -2.10. The number of nitrogens with one attached hydrogen (secondary N) is 1. The first-order chi connectivity index (χ1) is 13.7. The molecule has 0 saturated carbocycles. The van der Waals surface area contributed by atoms with Crippen LogP contribution in [0.15, 0.2) is 47.5 Å². The topological polar surface area (TPSA) is 68.4 Å². The average Bonchev–Trinajstić information content (AvgIpc) is 3.11. The molecule has 1 aliphatic carbocycles. The molecule has 4 rings (SSSR count). The fourth-order valence-corrected chi connectivity index (χ4v) is 3.91. The van der Waals surface area contributed by atoms with Crippen LogP contribution >= 0.6 is 0 Å². The second-order valence-electron chi connectivity index (χ2n) is 7.41. The Morgan fingerprint density at radius 3 is 2.79 bits per heavy atom. The highest BCUT2D eigenvalue weighted by atomic mass is 16.1. The van der Waals surface area contributed by atoms with Gasteiger partial charge in [0, 0.05) is 37.5 Å². The first-order valence-corrected chi connectivity index (χ1v) is 10.1. The number of rotatable bonds is 7. The Bertz CT molecular complexity index is 1020. The van der Waals surface area contributed by atoms with Crippen molar-refractivity contribution in [1.82, 2.24) is 19.5 Å². The second kappa shape index (κ2) is 8.42. The number of nitrogens with zero attached hydrogens (tertiary/aromatic N) is 3. The number of benzene rings is 1. The van der Waals surface area contributed by atoms with Gasteiger partial charge in [0.1, 0.15) is 5.52 Å². The Labute approximate surface area is 164 Å². The van der Waals surface area contributed by atoms with Gasteiger partial charge in [0.05, 0.1) is 5.69 Å². The fourth-order valence-electron chi connectivity index (χ4n) is 3.91. The Hall–Kier alpha value is -2.89. The van der Waals surface area contributed by atoms with Crippen molar-refractivity contribution in [1.29, 1.82) is 0 Å². The predicted octanol–water partition coefficient (Wildman–Crippen LogP) is 2.51. The first-order valence-electron chi connectivity index (χ1n) is 10.1. The number of amides is 1. The van der Waals surface area contributed by atoms with Crippen molar-refractivity contribution < 1.29 is 4.79 Å². The maximum absolute atomic E-state index is 12.9. The van der Waals surface area contributed by atoms with Gasteiger partial charge in [0.25, 0.3) is 5.56 Å². The molecule has 2 heterocycles. The van der Waals surface area contributed by atoms with Crippen LogP contribution in [0.5, 0.6) is 0 Å². The van der Waals surface area contributed by atoms with Crippen molar-refractivity contribution in [3.63, 3.8) is 0 Å². The monoisotopic (exact) mass is 378 g/mol. The van der Waals surface area contributed by atoms with Gasteiger partial charge in [-0.3, -0.25) is 9.59 Å². The number of fused-ring (bicyclic) bond motifs is 3. The molecule has 3 aromatic rings. The van der Waals surface area contributed by atoms with E-state index in [0.717, 1.165) is 49.8 Å². The molecule has 2 aromatic heterocycles. The molecule has 1 amide bonds. The highest BCUT2D eigenvalue weighted by Crippen LogP contribution is 2.22. The molecule has 0 aliphatic heterocycles. The highest BCUT2D eigenvalue weighted by molar-refractivity contribution is 5.75. The lowest BCUT2D eigenvalue weighted by molar-refractivity contribution is -0.121. The zero-order chi connectivity index (χ0) is 19.3. The van der Waals surface area contributed by atoms with Gasteiger partial charge in [-0.15, -0.1) is 0 Å². The van der Waals surface area contributed by atoms with E-state index in [4.69, 9.17) is 0 Å². The molecule has 1 N–H and O–H groups in total. The number of aryl methyl sites for hydroxylation is 4. The highest BCUT2D eigenvalue weighted by Gasteiger charge is 2.19. The maximum atomic E-state index is 12.9. The van der Waals surface area contributed by atoms with Crippen molar-refractivity contribution in [2.24, 2.45) is 0 Å². The van der Waals surface area contributed by atoms with Crippen molar-refractivity contribution in [3.05, 3.63) is 69.9 Å². The summed E-state index contributed by atoms with van der Waals surface area (Å²) in [6.07, 6.45) is 9.82. The first kappa shape index (κ1) is 18.5. The minimum atomic E-state index is -0.0463. The largest absolute Gasteiger partial charge is 0.356 e. The van der Waals surface area contributed by atoms with Crippen molar-refractivity contribution >= 4 is 11.4 Å². The molecule has 1 aliphatic rings. The minimum absolute atomic E-state index is 0.0182. The van der Waals surface area contributed by atoms with Gasteiger partial charge < -0.3 is 9.88 Å². The van der Waals surface area contributed by atoms with E-state index in [-0.39, 0.29) is 11.5 Å². The zero-order valence-electron chi connectivity index (χ0n) is 16.1. The van der Waals surface area contributed by atoms with Crippen LogP contribution in [0.1, 0.15) is 42.5 Å². The predicted molar refractivity (Wildman–Crippen MR) is 108 cm³/mol. The van der Waals surface area contributed by atoms with E-state index >= 15 is 0 Å². The van der Waals surface area contributed by atoms with Crippen molar-refractivity contribution in [2.75, 3.05) is 6.54 Å². The molecule has 0 unspecified atom stereocenters. The molecular formula is C22H26N4O2. The molecule has 1 aromatic carbocycles. The van der Waals surface area contributed by atoms with Crippen LogP contribution < -0.4 is 10.9 Å². The summed E-state index contributed by atoms with van der Waals surface area (Å²) in [7, 11) is 0. The van der Waals surface area contributed by atoms with Crippen molar-refractivity contribution in [2.45, 2.75) is 51.5 Å². The summed E-state index contributed by atoms with van der Waals surface area (Å²) < 4.78 is 3.34. The van der Waals surface area contributed by atoms with E-state index in [9.17, 15) is 9.59 Å². The summed E-state index contributed by atoms with van der Waals surface area (Å²) in [5.41, 5.74) is 4.06. The van der Waals surface area contributed by atoms with Gasteiger partial charge >= 0.3 is 0 Å². The maximum Gasteiger partial charge on any atom is 0.276 e. The lowest BCUT2D eigenvalue weighted by Crippen LogP contribution is -2.28. The number of aromatic nitrogens is 3. The third kappa shape index (κ3) is 4.01. The Morgan fingerprint density at radius 2 is 1.93 bits per heavy atom. The third-order valence-corrected chi connectivity index (χ3v) is 5.42. The Morgan fingerprint density at radius 1 is 1.11 bits per heavy atom. The van der Waals surface area contributed by atoms with E-state index in [1.165, 1.54) is 5.56 Å². The molecule has 146 valence electrons. The standard InChI is InChI=1S/C22H26N4O2/c27-20(23-13-6-9-17-7-2-1-3-8-17)12-14-25-15-16-26-21(22(25)28)18-10-4-5-11-19(18)24-26/h1-3,7-8,15-16H,4-6,9-14H2,(H,23,27). The van der Waals surface area contributed by atoms with Gasteiger partial charge in [-0.1, -0.05) is 30.3 Å². The van der Waals surface area contributed by atoms with Crippen LogP contribution in [-0.2, 0) is 30.6 Å². The molecule has 6 nitrogen and oxygen atoms in total. The quantitative estimate of drug-likeness (QED) is 0.643. The van der Waals surface area contributed by atoms with E-state index in [2.05, 4.69) is 22.5 Å². The van der Waals surface area contributed by atoms with Gasteiger partial charge in [-0.05, 0) is 44.1 Å². The molecule has 0 bridgehead atoms. The van der Waals surface area contributed by atoms with E-state index in [1.54, 1.807) is 15.3 Å². The molecule has 0 saturated heterocycles. The van der Waals surface area contributed by atoms with Crippen LogP contribution in [0.3, 0.4) is 0 Å². The Kier molecular flexibility index (Phi) is 5.55. The number of carbonyl (C=O) groups is 1. The molecule has 28 heavy (non-hydrogen) atoms. The van der Waals surface area contributed by atoms with Crippen LogP contribution in [0.2, 0.25) is 0 Å². The lowest BCUT2D eigenvalue weighted by atomic mass is 9.97. The van der Waals surface area contributed by atoms with Gasteiger partial charge in [0.15, 0.2) is 0 Å². The van der Waals surface area contributed by atoms with Crippen LogP contribution in [0.4, 0.5) is 0 Å². The fraction of sp³-hybridized carbons (Fsp3) is 0.409. The second-order valence-corrected chi connectivity index (χ2v) is 7.41. The van der Waals surface area contributed by atoms with E-state index in [1.807, 2.05) is 24.4 Å². The summed E-state index contributed by atoms with van der Waals surface area (Å²) in [6, 6.07) is 10.3. The number of hydrogen-bond donors (Lipinski definition) is 1. The molecular weight excluding hydrogens is 352 g/mol. The van der Waals surface area contributed by atoms with Gasteiger partial charge in [-0.2, -0.15) is 5.10 Å². The summed E-state index contributed by atoms with van der Waals surface area (Å²) in [5, 5.41) is 7.50. The average molecular weight is 378 g/mol. The summed E-state index contributed by atoms with van der Waals surface area (Å²) in [4.78, 5) is 25.0. The molecule has 0 fully saturated rings. The zero-order valence-corrected chi connectivity index (χ0v) is 16.1. The minimum Gasteiger partial charge on any atom is -0.356 e. The van der Waals surface area contributed by atoms with Gasteiger partial charge in [0.2, 0.25) is 5.91 Å². The molecule has 0 spiro atoms. The van der Waals surface area contributed by atoms with Crippen LogP contribution in [-0.4, -0.2) is 26.6 Å². The number of hydrogen-bond acceptors (Lipinski definition) is 3. The number of carbonyl (C=O) groups excluding carboxylic acids is 1. The molecule has 6 heteroatoms. The van der Waals surface area contributed by atoms with Crippen molar-refractivity contribution in [3.8, 4) is 0 Å². The normalized spacial score (nSPS) is 13.4. The van der Waals surface area contributed by atoms with Crippen LogP contribution in [0.25, 0.3) is 5.52 Å².